The van der Waals surface area contributed by atoms with Crippen LogP contribution in [-0.2, 0) is 14.1 Å². The second kappa shape index (κ2) is 19.5. The van der Waals surface area contributed by atoms with Gasteiger partial charge in [-0.3, -0.25) is 9.59 Å². The van der Waals surface area contributed by atoms with Gasteiger partial charge in [-0.2, -0.15) is 15.3 Å². The van der Waals surface area contributed by atoms with Gasteiger partial charge in [0.1, 0.15) is 17.1 Å². The van der Waals surface area contributed by atoms with Crippen LogP contribution in [-0.4, -0.2) is 67.6 Å². The summed E-state index contributed by atoms with van der Waals surface area (Å²) in [6.45, 7) is 1.80. The minimum atomic E-state index is -0.157. The zero-order valence-corrected chi connectivity index (χ0v) is 35.0. The lowest BCUT2D eigenvalue weighted by Crippen LogP contribution is -2.29. The summed E-state index contributed by atoms with van der Waals surface area (Å²) >= 11 is 7.64. The van der Waals surface area contributed by atoms with Gasteiger partial charge < -0.3 is 19.4 Å². The van der Waals surface area contributed by atoms with Crippen LogP contribution in [0.5, 0.6) is 0 Å². The van der Waals surface area contributed by atoms with Crippen LogP contribution in [0.1, 0.15) is 60.8 Å². The molecule has 0 aliphatic carbocycles. The molecule has 0 spiro atoms. The molecule has 1 atom stereocenters. The van der Waals surface area contributed by atoms with Crippen LogP contribution in [0.4, 0.5) is 5.95 Å². The molecule has 1 unspecified atom stereocenters. The van der Waals surface area contributed by atoms with Crippen molar-refractivity contribution in [1.82, 2.24) is 43.6 Å². The fourth-order valence-corrected chi connectivity index (χ4v) is 6.74. The molecule has 8 aromatic rings. The number of rotatable bonds is 9. The Morgan fingerprint density at radius 3 is 2.03 bits per heavy atom. The van der Waals surface area contributed by atoms with Gasteiger partial charge in [-0.25, -0.2) is 19.0 Å². The lowest BCUT2D eigenvalue weighted by atomic mass is 10.1. The third-order valence-electron chi connectivity index (χ3n) is 9.16. The average molecular weight is 853 g/mol. The van der Waals surface area contributed by atoms with E-state index in [1.165, 1.54) is 14.0 Å². The Labute approximate surface area is 360 Å². The van der Waals surface area contributed by atoms with Gasteiger partial charge in [0.25, 0.3) is 17.8 Å². The number of nitrogens with zero attached hydrogens (tertiary/aromatic N) is 11. The van der Waals surface area contributed by atoms with E-state index < -0.39 is 0 Å². The third-order valence-corrected chi connectivity index (χ3v) is 10.2. The number of thiophene rings is 1. The van der Waals surface area contributed by atoms with Crippen LogP contribution in [0, 0.1) is 6.92 Å². The van der Waals surface area contributed by atoms with Crippen LogP contribution in [0.25, 0.3) is 30.4 Å². The summed E-state index contributed by atoms with van der Waals surface area (Å²) in [6, 6.07) is 26.3. The molecule has 308 valence electrons. The number of carbonyl (C=O) groups excluding carboxylic acids is 2. The Hall–Kier alpha value is -7.56. The van der Waals surface area contributed by atoms with E-state index in [-0.39, 0.29) is 17.9 Å². The number of aryl methyl sites for hydroxylation is 3. The third kappa shape index (κ3) is 10.6. The molecule has 8 heterocycles. The van der Waals surface area contributed by atoms with Crippen LogP contribution in [0.2, 0.25) is 5.02 Å². The van der Waals surface area contributed by atoms with E-state index in [2.05, 4.69) is 31.6 Å². The quantitative estimate of drug-likeness (QED) is 0.142. The molecular weight excluding hydrogens is 812 g/mol. The summed E-state index contributed by atoms with van der Waals surface area (Å²) in [4.78, 5) is 25.6. The number of anilines is 1. The topological polar surface area (TPSA) is 165 Å². The average Bonchev–Trinajstić information content (AvgIpc) is 4.10. The number of carbonyl (C=O) groups is 2. The second-order valence-electron chi connectivity index (χ2n) is 13.5. The standard InChI is InChI=1S/C15H13N3O2.C15H13N3OS.C14H15ClN6/c2*1-17-9-2-5-14(17)15(19)18-10-8-12(16-18)6-7-13-4-3-11-20-13;1-10-18-19-14(20(10)16)21-13(7-8-17-21)6-5-11-3-2-4-12(15)9-11/h2*2-11H,1H3;2-6,8-9,13H,7,16H2,1H3/b2*7-6+;6-5+. The van der Waals surface area contributed by atoms with Crippen molar-refractivity contribution < 1.29 is 14.0 Å². The highest BCUT2D eigenvalue weighted by molar-refractivity contribution is 7.10. The Morgan fingerprint density at radius 2 is 1.48 bits per heavy atom. The van der Waals surface area contributed by atoms with E-state index in [0.717, 1.165) is 28.3 Å². The zero-order chi connectivity index (χ0) is 42.7. The van der Waals surface area contributed by atoms with Crippen molar-refractivity contribution >= 4 is 77.3 Å². The number of benzene rings is 1. The van der Waals surface area contributed by atoms with Crippen LogP contribution in [0.15, 0.2) is 137 Å². The maximum Gasteiger partial charge on any atom is 0.294 e. The van der Waals surface area contributed by atoms with Crippen molar-refractivity contribution in [3.8, 4) is 0 Å². The number of halogens is 1. The van der Waals surface area contributed by atoms with Gasteiger partial charge in [0.05, 0.1) is 23.7 Å². The first kappa shape index (κ1) is 41.6. The first-order valence-corrected chi connectivity index (χ1v) is 20.2. The van der Waals surface area contributed by atoms with E-state index in [9.17, 15) is 9.59 Å². The molecule has 0 amide bonds. The van der Waals surface area contributed by atoms with E-state index in [0.29, 0.717) is 33.9 Å². The van der Waals surface area contributed by atoms with E-state index >= 15 is 0 Å². The summed E-state index contributed by atoms with van der Waals surface area (Å²) in [7, 11) is 3.67. The molecule has 0 bridgehead atoms. The number of aromatic nitrogens is 9. The maximum atomic E-state index is 12.2. The summed E-state index contributed by atoms with van der Waals surface area (Å²) in [5, 5.41) is 25.4. The predicted octanol–water partition coefficient (Wildman–Crippen LogP) is 8.05. The Kier molecular flexibility index (Phi) is 13.3. The van der Waals surface area contributed by atoms with E-state index in [1.807, 2.05) is 123 Å². The molecular formula is C44H41ClN12O3S. The number of nitrogens with two attached hydrogens (primary N) is 1. The van der Waals surface area contributed by atoms with Gasteiger partial charge in [-0.1, -0.05) is 42.0 Å². The summed E-state index contributed by atoms with van der Waals surface area (Å²) in [5.74, 6) is 7.53. The minimum absolute atomic E-state index is 0.0647. The second-order valence-corrected chi connectivity index (χ2v) is 14.9. The molecule has 0 saturated heterocycles. The smallest absolute Gasteiger partial charge is 0.294 e. The Balaban J connectivity index is 0.000000138. The molecule has 0 saturated carbocycles. The number of nitrogen functional groups attached to an aromatic ring is 1. The van der Waals surface area contributed by atoms with E-state index in [4.69, 9.17) is 21.9 Å². The Bertz CT molecular complexity index is 2690. The zero-order valence-electron chi connectivity index (χ0n) is 33.4. The van der Waals surface area contributed by atoms with Gasteiger partial charge in [0, 0.05) is 61.4 Å². The summed E-state index contributed by atoms with van der Waals surface area (Å²) in [5.41, 5.74) is 3.71. The van der Waals surface area contributed by atoms with Gasteiger partial charge in [0.15, 0.2) is 5.82 Å². The Morgan fingerprint density at radius 1 is 0.787 bits per heavy atom. The van der Waals surface area contributed by atoms with Crippen LogP contribution < -0.4 is 10.9 Å². The molecule has 0 fully saturated rings. The van der Waals surface area contributed by atoms with Crippen molar-refractivity contribution in [2.45, 2.75) is 19.4 Å². The highest BCUT2D eigenvalue weighted by Gasteiger charge is 2.25. The summed E-state index contributed by atoms with van der Waals surface area (Å²) < 4.78 is 12.9. The lowest BCUT2D eigenvalue weighted by molar-refractivity contribution is 0.0929. The van der Waals surface area contributed by atoms with Crippen LogP contribution in [0.3, 0.4) is 0 Å². The molecule has 1 aliphatic rings. The normalized spacial score (nSPS) is 13.6. The molecule has 61 heavy (non-hydrogen) atoms. The maximum absolute atomic E-state index is 12.2. The van der Waals surface area contributed by atoms with Gasteiger partial charge >= 0.3 is 0 Å². The lowest BCUT2D eigenvalue weighted by Gasteiger charge is -2.19. The fraction of sp³-hybridized carbons (Fsp3) is 0.114. The van der Waals surface area contributed by atoms with Gasteiger partial charge in [-0.05, 0) is 109 Å². The first-order valence-electron chi connectivity index (χ1n) is 18.9. The number of hydrogen-bond acceptors (Lipinski definition) is 11. The minimum Gasteiger partial charge on any atom is -0.465 e. The van der Waals surface area contributed by atoms with Crippen molar-refractivity contribution in [2.75, 3.05) is 10.9 Å². The first-order chi connectivity index (χ1) is 29.6. The molecule has 9 rings (SSSR count). The van der Waals surface area contributed by atoms with Crippen molar-refractivity contribution in [3.05, 3.63) is 177 Å². The number of hydrogen-bond donors (Lipinski definition) is 1. The highest BCUT2D eigenvalue weighted by Crippen LogP contribution is 2.22. The monoisotopic (exact) mass is 852 g/mol. The molecule has 0 radical (unpaired) electrons. The molecule has 2 N–H and O–H groups in total. The van der Waals surface area contributed by atoms with Crippen molar-refractivity contribution in [3.63, 3.8) is 0 Å². The molecule has 1 aromatic carbocycles. The van der Waals surface area contributed by atoms with Crippen molar-refractivity contribution in [1.29, 1.82) is 0 Å². The molecule has 1 aliphatic heterocycles. The molecule has 15 nitrogen and oxygen atoms in total. The fourth-order valence-electron chi connectivity index (χ4n) is 5.92. The summed E-state index contributed by atoms with van der Waals surface area (Å²) in [6.07, 6.45) is 22.8. The molecule has 17 heteroatoms. The SMILES string of the molecule is Cc1nnc(N2N=CCC2/C=C/c2cccc(Cl)c2)n1N.Cn1cccc1C(=O)n1ccc(/C=C/c2ccco2)n1.Cn1cccc1C(=O)n1ccc(/C=C/c2cccs2)n1. The highest BCUT2D eigenvalue weighted by atomic mass is 35.5. The van der Waals surface area contributed by atoms with Crippen molar-refractivity contribution in [2.24, 2.45) is 19.2 Å². The predicted molar refractivity (Wildman–Crippen MR) is 240 cm³/mol. The van der Waals surface area contributed by atoms with Gasteiger partial charge in [-0.15, -0.1) is 21.5 Å². The van der Waals surface area contributed by atoms with Gasteiger partial charge in [0.2, 0.25) is 0 Å². The number of hydrazone groups is 1. The molecule has 7 aromatic heterocycles. The number of furan rings is 1. The van der Waals surface area contributed by atoms with Crippen LogP contribution >= 0.6 is 22.9 Å². The largest absolute Gasteiger partial charge is 0.465 e. The van der Waals surface area contributed by atoms with E-state index in [1.54, 1.807) is 81.4 Å².